The SMILES string of the molecule is COC(=O)c1ccc(C(=O)NNC(=O)c2ccc(N3CCC(OCc4ccccc4)CC3)cc2)cc1. The number of benzene rings is 3. The van der Waals surface area contributed by atoms with Crippen molar-refractivity contribution in [1.29, 1.82) is 0 Å². The molecule has 3 aromatic rings. The van der Waals surface area contributed by atoms with Gasteiger partial charge in [-0.1, -0.05) is 30.3 Å². The molecule has 36 heavy (non-hydrogen) atoms. The molecule has 0 radical (unpaired) electrons. The lowest BCUT2D eigenvalue weighted by molar-refractivity contribution is 0.0251. The third-order valence-electron chi connectivity index (χ3n) is 6.12. The highest BCUT2D eigenvalue weighted by atomic mass is 16.5. The molecule has 2 N–H and O–H groups in total. The molecule has 8 heteroatoms. The van der Waals surface area contributed by atoms with Crippen molar-refractivity contribution in [3.8, 4) is 0 Å². The summed E-state index contributed by atoms with van der Waals surface area (Å²) >= 11 is 0. The fraction of sp³-hybridized carbons (Fsp3) is 0.250. The van der Waals surface area contributed by atoms with Gasteiger partial charge in [0, 0.05) is 29.9 Å². The number of nitrogens with one attached hydrogen (secondary N) is 2. The van der Waals surface area contributed by atoms with Gasteiger partial charge in [0.25, 0.3) is 11.8 Å². The van der Waals surface area contributed by atoms with Crippen LogP contribution in [-0.4, -0.2) is 44.1 Å². The Bertz CT molecular complexity index is 1170. The predicted molar refractivity (Wildman–Crippen MR) is 136 cm³/mol. The van der Waals surface area contributed by atoms with E-state index in [-0.39, 0.29) is 6.10 Å². The van der Waals surface area contributed by atoms with Crippen molar-refractivity contribution in [1.82, 2.24) is 10.9 Å². The maximum absolute atomic E-state index is 12.5. The number of hydrogen-bond donors (Lipinski definition) is 2. The Morgan fingerprint density at radius 3 is 1.86 bits per heavy atom. The van der Waals surface area contributed by atoms with Crippen LogP contribution in [0.4, 0.5) is 5.69 Å². The van der Waals surface area contributed by atoms with Crippen LogP contribution in [-0.2, 0) is 16.1 Å². The molecule has 0 aromatic heterocycles. The Morgan fingerprint density at radius 1 is 0.778 bits per heavy atom. The molecule has 1 fully saturated rings. The van der Waals surface area contributed by atoms with Crippen LogP contribution in [0.2, 0.25) is 0 Å². The molecule has 0 aliphatic carbocycles. The smallest absolute Gasteiger partial charge is 0.337 e. The zero-order chi connectivity index (χ0) is 25.3. The number of methoxy groups -OCH3 is 1. The number of amides is 2. The molecule has 1 aliphatic rings. The van der Waals surface area contributed by atoms with Crippen molar-refractivity contribution in [2.24, 2.45) is 0 Å². The first kappa shape index (κ1) is 24.9. The van der Waals surface area contributed by atoms with Gasteiger partial charge in [0.2, 0.25) is 0 Å². The number of carbonyl (C=O) groups is 3. The van der Waals surface area contributed by atoms with Crippen LogP contribution in [0.3, 0.4) is 0 Å². The first-order chi connectivity index (χ1) is 17.5. The van der Waals surface area contributed by atoms with E-state index in [1.54, 1.807) is 12.1 Å². The summed E-state index contributed by atoms with van der Waals surface area (Å²) in [5, 5.41) is 0. The van der Waals surface area contributed by atoms with E-state index in [9.17, 15) is 14.4 Å². The molecule has 4 rings (SSSR count). The summed E-state index contributed by atoms with van der Waals surface area (Å²) in [6.07, 6.45) is 2.13. The van der Waals surface area contributed by atoms with Crippen LogP contribution in [0.5, 0.6) is 0 Å². The van der Waals surface area contributed by atoms with Gasteiger partial charge in [0.1, 0.15) is 0 Å². The molecule has 186 valence electrons. The number of ether oxygens (including phenoxy) is 2. The summed E-state index contributed by atoms with van der Waals surface area (Å²) < 4.78 is 10.7. The average Bonchev–Trinajstić information content (AvgIpc) is 2.95. The van der Waals surface area contributed by atoms with Crippen LogP contribution in [0.15, 0.2) is 78.9 Å². The summed E-state index contributed by atoms with van der Waals surface area (Å²) in [5.41, 5.74) is 8.10. The highest BCUT2D eigenvalue weighted by molar-refractivity contribution is 5.99. The molecule has 0 atom stereocenters. The number of nitrogens with zero attached hydrogens (tertiary/aromatic N) is 1. The number of carbonyl (C=O) groups excluding carboxylic acids is 3. The van der Waals surface area contributed by atoms with Gasteiger partial charge >= 0.3 is 5.97 Å². The lowest BCUT2D eigenvalue weighted by Gasteiger charge is -2.33. The van der Waals surface area contributed by atoms with Crippen LogP contribution in [0.25, 0.3) is 0 Å². The van der Waals surface area contributed by atoms with E-state index in [1.165, 1.54) is 36.9 Å². The highest BCUT2D eigenvalue weighted by Crippen LogP contribution is 2.22. The van der Waals surface area contributed by atoms with Crippen molar-refractivity contribution in [2.75, 3.05) is 25.1 Å². The van der Waals surface area contributed by atoms with Gasteiger partial charge in [-0.3, -0.25) is 20.4 Å². The Kier molecular flexibility index (Phi) is 8.31. The van der Waals surface area contributed by atoms with E-state index in [2.05, 4.69) is 32.6 Å². The molecular formula is C28H29N3O5. The van der Waals surface area contributed by atoms with Crippen LogP contribution in [0.1, 0.15) is 49.5 Å². The quantitative estimate of drug-likeness (QED) is 0.389. The number of hydrazine groups is 1. The average molecular weight is 488 g/mol. The van der Waals surface area contributed by atoms with Crippen molar-refractivity contribution in [2.45, 2.75) is 25.6 Å². The predicted octanol–water partition coefficient (Wildman–Crippen LogP) is 3.73. The Balaban J connectivity index is 1.22. The second-order valence-electron chi connectivity index (χ2n) is 8.51. The first-order valence-electron chi connectivity index (χ1n) is 11.8. The molecular weight excluding hydrogens is 458 g/mol. The minimum Gasteiger partial charge on any atom is -0.465 e. The largest absolute Gasteiger partial charge is 0.465 e. The summed E-state index contributed by atoms with van der Waals surface area (Å²) in [5.74, 6) is -1.40. The first-order valence-corrected chi connectivity index (χ1v) is 11.8. The number of piperidine rings is 1. The fourth-order valence-corrected chi connectivity index (χ4v) is 4.03. The second kappa shape index (κ2) is 12.0. The Hall–Kier alpha value is -4.17. The minimum absolute atomic E-state index is 0.242. The molecule has 0 bridgehead atoms. The van der Waals surface area contributed by atoms with Crippen molar-refractivity contribution >= 4 is 23.5 Å². The van der Waals surface area contributed by atoms with Gasteiger partial charge < -0.3 is 14.4 Å². The van der Waals surface area contributed by atoms with Crippen molar-refractivity contribution < 1.29 is 23.9 Å². The third kappa shape index (κ3) is 6.49. The van der Waals surface area contributed by atoms with Gasteiger partial charge in [-0.2, -0.15) is 0 Å². The summed E-state index contributed by atoms with van der Waals surface area (Å²) in [7, 11) is 1.29. The van der Waals surface area contributed by atoms with Crippen molar-refractivity contribution in [3.05, 3.63) is 101 Å². The van der Waals surface area contributed by atoms with E-state index < -0.39 is 17.8 Å². The number of esters is 1. The van der Waals surface area contributed by atoms with Gasteiger partial charge in [0.05, 0.1) is 25.4 Å². The molecule has 0 saturated carbocycles. The number of hydrogen-bond acceptors (Lipinski definition) is 6. The maximum atomic E-state index is 12.5. The zero-order valence-corrected chi connectivity index (χ0v) is 20.1. The monoisotopic (exact) mass is 487 g/mol. The van der Waals surface area contributed by atoms with Crippen LogP contribution >= 0.6 is 0 Å². The molecule has 0 spiro atoms. The molecule has 1 saturated heterocycles. The van der Waals surface area contributed by atoms with E-state index in [0.29, 0.717) is 23.3 Å². The van der Waals surface area contributed by atoms with E-state index in [1.807, 2.05) is 30.3 Å². The lowest BCUT2D eigenvalue weighted by atomic mass is 10.1. The van der Waals surface area contributed by atoms with Gasteiger partial charge in [-0.05, 0) is 66.9 Å². The molecule has 1 aliphatic heterocycles. The topological polar surface area (TPSA) is 97.0 Å². The highest BCUT2D eigenvalue weighted by Gasteiger charge is 2.20. The van der Waals surface area contributed by atoms with Crippen LogP contribution < -0.4 is 15.8 Å². The Labute approximate surface area is 210 Å². The van der Waals surface area contributed by atoms with E-state index in [4.69, 9.17) is 4.74 Å². The minimum atomic E-state index is -0.492. The molecule has 2 amide bonds. The molecule has 1 heterocycles. The van der Waals surface area contributed by atoms with E-state index >= 15 is 0 Å². The fourth-order valence-electron chi connectivity index (χ4n) is 4.03. The molecule has 3 aromatic carbocycles. The summed E-state index contributed by atoms with van der Waals surface area (Å²) in [4.78, 5) is 38.5. The summed E-state index contributed by atoms with van der Waals surface area (Å²) in [6, 6.07) is 23.4. The van der Waals surface area contributed by atoms with Gasteiger partial charge in [-0.15, -0.1) is 0 Å². The third-order valence-corrected chi connectivity index (χ3v) is 6.12. The van der Waals surface area contributed by atoms with E-state index in [0.717, 1.165) is 31.6 Å². The number of anilines is 1. The summed E-state index contributed by atoms with van der Waals surface area (Å²) in [6.45, 7) is 2.40. The Morgan fingerprint density at radius 2 is 1.31 bits per heavy atom. The number of rotatable bonds is 7. The zero-order valence-electron chi connectivity index (χ0n) is 20.1. The van der Waals surface area contributed by atoms with Gasteiger partial charge in [-0.25, -0.2) is 4.79 Å². The molecule has 0 unspecified atom stereocenters. The van der Waals surface area contributed by atoms with Crippen LogP contribution in [0, 0.1) is 0 Å². The second-order valence-corrected chi connectivity index (χ2v) is 8.51. The molecule has 8 nitrogen and oxygen atoms in total. The standard InChI is InChI=1S/C28H29N3O5/c1-35-28(34)23-9-7-21(8-10-23)26(32)29-30-27(33)22-11-13-24(14-12-22)31-17-15-25(16-18-31)36-19-20-5-3-2-4-6-20/h2-14,25H,15-19H2,1H3,(H,29,32)(H,30,33). The normalized spacial score (nSPS) is 13.6. The maximum Gasteiger partial charge on any atom is 0.337 e. The van der Waals surface area contributed by atoms with Gasteiger partial charge in [0.15, 0.2) is 0 Å². The van der Waals surface area contributed by atoms with Crippen molar-refractivity contribution in [3.63, 3.8) is 0 Å². The lowest BCUT2D eigenvalue weighted by Crippen LogP contribution is -2.41.